The number of nitrogens with two attached hydrogens (primary N) is 1. The van der Waals surface area contributed by atoms with Crippen LogP contribution in [0.4, 0.5) is 0 Å². The van der Waals surface area contributed by atoms with E-state index in [0.717, 1.165) is 10.2 Å². The second-order valence-corrected chi connectivity index (χ2v) is 5.25. The normalized spacial score (nSPS) is 20.2. The highest BCUT2D eigenvalue weighted by Gasteiger charge is 2.27. The van der Waals surface area contributed by atoms with Crippen LogP contribution in [0, 0.1) is 0 Å². The molecule has 1 fully saturated rings. The minimum atomic E-state index is -0.345. The van der Waals surface area contributed by atoms with Crippen LogP contribution in [0.1, 0.15) is 0 Å². The van der Waals surface area contributed by atoms with E-state index in [1.54, 1.807) is 0 Å². The summed E-state index contributed by atoms with van der Waals surface area (Å²) in [5, 5.41) is 0. The maximum atomic E-state index is 11.3. The number of rotatable bonds is 5. The van der Waals surface area contributed by atoms with Crippen molar-refractivity contribution in [2.75, 3.05) is 32.9 Å². The Hall–Kier alpha value is -1.11. The average Bonchev–Trinajstić information content (AvgIpc) is 2.41. The Kier molecular flexibility index (Phi) is 5.18. The zero-order chi connectivity index (χ0) is 13.7. The molecule has 1 aliphatic heterocycles. The fourth-order valence-corrected chi connectivity index (χ4v) is 2.24. The lowest BCUT2D eigenvalue weighted by Gasteiger charge is -2.33. The van der Waals surface area contributed by atoms with E-state index in [2.05, 4.69) is 15.9 Å². The van der Waals surface area contributed by atoms with Crippen LogP contribution < -0.4 is 10.5 Å². The van der Waals surface area contributed by atoms with Gasteiger partial charge in [-0.05, 0) is 24.3 Å². The molecule has 1 aromatic rings. The lowest BCUT2D eigenvalue weighted by Crippen LogP contribution is -2.53. The van der Waals surface area contributed by atoms with Crippen LogP contribution in [-0.2, 0) is 9.53 Å². The average molecular weight is 329 g/mol. The van der Waals surface area contributed by atoms with Crippen LogP contribution in [0.15, 0.2) is 28.7 Å². The first-order valence-corrected chi connectivity index (χ1v) is 6.95. The Bertz CT molecular complexity index is 424. The predicted octanol–water partition coefficient (Wildman–Crippen LogP) is 1.01. The largest absolute Gasteiger partial charge is 0.492 e. The fourth-order valence-electron chi connectivity index (χ4n) is 1.98. The smallest absolute Gasteiger partial charge is 0.237 e. The van der Waals surface area contributed by atoms with Crippen LogP contribution in [0.5, 0.6) is 5.75 Å². The third-order valence-corrected chi connectivity index (χ3v) is 3.56. The van der Waals surface area contributed by atoms with Gasteiger partial charge in [-0.15, -0.1) is 0 Å². The van der Waals surface area contributed by atoms with E-state index in [9.17, 15) is 4.79 Å². The van der Waals surface area contributed by atoms with Gasteiger partial charge in [0.1, 0.15) is 18.4 Å². The van der Waals surface area contributed by atoms with Gasteiger partial charge in [0.15, 0.2) is 0 Å². The van der Waals surface area contributed by atoms with Gasteiger partial charge in [0.05, 0.1) is 13.2 Å². The first-order chi connectivity index (χ1) is 9.16. The molecule has 0 aromatic heterocycles. The predicted molar refractivity (Wildman–Crippen MR) is 75.0 cm³/mol. The fraction of sp³-hybridized carbons (Fsp3) is 0.462. The van der Waals surface area contributed by atoms with E-state index >= 15 is 0 Å². The molecule has 1 aliphatic rings. The Morgan fingerprint density at radius 3 is 2.89 bits per heavy atom. The van der Waals surface area contributed by atoms with Gasteiger partial charge in [-0.2, -0.15) is 0 Å². The SMILES string of the molecule is NC(=O)C1COCCN1CCOc1ccc(Br)cc1. The molecular weight excluding hydrogens is 312 g/mol. The minimum Gasteiger partial charge on any atom is -0.492 e. The van der Waals surface area contributed by atoms with Crippen molar-refractivity contribution < 1.29 is 14.3 Å². The number of benzene rings is 1. The number of carbonyl (C=O) groups is 1. The van der Waals surface area contributed by atoms with Crippen molar-refractivity contribution in [2.45, 2.75) is 6.04 Å². The van der Waals surface area contributed by atoms with Crippen molar-refractivity contribution in [3.05, 3.63) is 28.7 Å². The first kappa shape index (κ1) is 14.3. The number of carbonyl (C=O) groups excluding carboxylic acids is 1. The second-order valence-electron chi connectivity index (χ2n) is 4.33. The molecule has 0 bridgehead atoms. The van der Waals surface area contributed by atoms with Gasteiger partial charge in [0.25, 0.3) is 0 Å². The zero-order valence-corrected chi connectivity index (χ0v) is 12.1. The third-order valence-electron chi connectivity index (χ3n) is 3.03. The number of primary amides is 1. The summed E-state index contributed by atoms with van der Waals surface area (Å²) in [5.74, 6) is 0.468. The Balaban J connectivity index is 1.80. The number of morpholine rings is 1. The number of ether oxygens (including phenoxy) is 2. The zero-order valence-electron chi connectivity index (χ0n) is 10.5. The van der Waals surface area contributed by atoms with E-state index in [-0.39, 0.29) is 11.9 Å². The van der Waals surface area contributed by atoms with E-state index < -0.39 is 0 Å². The summed E-state index contributed by atoms with van der Waals surface area (Å²) in [6.45, 7) is 2.88. The molecule has 1 amide bonds. The highest BCUT2D eigenvalue weighted by Crippen LogP contribution is 2.16. The molecule has 104 valence electrons. The van der Waals surface area contributed by atoms with Gasteiger partial charge in [-0.1, -0.05) is 15.9 Å². The maximum Gasteiger partial charge on any atom is 0.237 e. The van der Waals surface area contributed by atoms with Crippen molar-refractivity contribution in [2.24, 2.45) is 5.73 Å². The molecule has 1 unspecified atom stereocenters. The number of hydrogen-bond donors (Lipinski definition) is 1. The van der Waals surface area contributed by atoms with Crippen LogP contribution in [0.3, 0.4) is 0 Å². The molecule has 0 radical (unpaired) electrons. The Morgan fingerprint density at radius 2 is 2.21 bits per heavy atom. The van der Waals surface area contributed by atoms with Crippen molar-refractivity contribution in [1.29, 1.82) is 0 Å². The molecular formula is C13H17BrN2O3. The number of hydrogen-bond acceptors (Lipinski definition) is 4. The third kappa shape index (κ3) is 4.19. The summed E-state index contributed by atoms with van der Waals surface area (Å²) >= 11 is 3.37. The molecule has 2 N–H and O–H groups in total. The number of amides is 1. The molecule has 2 rings (SSSR count). The van der Waals surface area contributed by atoms with Crippen LogP contribution in [-0.4, -0.2) is 49.8 Å². The summed E-state index contributed by atoms with van der Waals surface area (Å²) in [7, 11) is 0. The lowest BCUT2D eigenvalue weighted by atomic mass is 10.2. The van der Waals surface area contributed by atoms with Crippen molar-refractivity contribution >= 4 is 21.8 Å². The van der Waals surface area contributed by atoms with Gasteiger partial charge in [-0.3, -0.25) is 9.69 Å². The monoisotopic (exact) mass is 328 g/mol. The van der Waals surface area contributed by atoms with E-state index in [0.29, 0.717) is 32.9 Å². The number of nitrogens with zero attached hydrogens (tertiary/aromatic N) is 1. The number of halogens is 1. The molecule has 1 atom stereocenters. The standard InChI is InChI=1S/C13H17BrN2O3/c14-10-1-3-11(4-2-10)19-8-6-16-5-7-18-9-12(16)13(15)17/h1-4,12H,5-9H2,(H2,15,17). The Morgan fingerprint density at radius 1 is 1.47 bits per heavy atom. The maximum absolute atomic E-state index is 11.3. The summed E-state index contributed by atoms with van der Waals surface area (Å²) in [6, 6.07) is 7.30. The first-order valence-electron chi connectivity index (χ1n) is 6.16. The second kappa shape index (κ2) is 6.88. The highest BCUT2D eigenvalue weighted by molar-refractivity contribution is 9.10. The van der Waals surface area contributed by atoms with Crippen molar-refractivity contribution in [1.82, 2.24) is 4.90 Å². The lowest BCUT2D eigenvalue weighted by molar-refractivity contribution is -0.129. The van der Waals surface area contributed by atoms with Crippen LogP contribution >= 0.6 is 15.9 Å². The molecule has 1 saturated heterocycles. The van der Waals surface area contributed by atoms with Gasteiger partial charge in [0.2, 0.25) is 5.91 Å². The highest BCUT2D eigenvalue weighted by atomic mass is 79.9. The van der Waals surface area contributed by atoms with Crippen LogP contribution in [0.2, 0.25) is 0 Å². The Labute approximate surface area is 120 Å². The van der Waals surface area contributed by atoms with Crippen molar-refractivity contribution in [3.8, 4) is 5.75 Å². The molecule has 0 aliphatic carbocycles. The molecule has 0 saturated carbocycles. The topological polar surface area (TPSA) is 64.8 Å². The van der Waals surface area contributed by atoms with E-state index in [1.165, 1.54) is 0 Å². The molecule has 6 heteroatoms. The van der Waals surface area contributed by atoms with Gasteiger partial charge < -0.3 is 15.2 Å². The van der Waals surface area contributed by atoms with Gasteiger partial charge >= 0.3 is 0 Å². The summed E-state index contributed by atoms with van der Waals surface area (Å²) in [5.41, 5.74) is 5.35. The van der Waals surface area contributed by atoms with Crippen LogP contribution in [0.25, 0.3) is 0 Å². The minimum absolute atomic E-state index is 0.344. The molecule has 5 nitrogen and oxygen atoms in total. The van der Waals surface area contributed by atoms with E-state index in [4.69, 9.17) is 15.2 Å². The molecule has 19 heavy (non-hydrogen) atoms. The quantitative estimate of drug-likeness (QED) is 0.876. The van der Waals surface area contributed by atoms with Crippen molar-refractivity contribution in [3.63, 3.8) is 0 Å². The van der Waals surface area contributed by atoms with E-state index in [1.807, 2.05) is 29.2 Å². The summed E-state index contributed by atoms with van der Waals surface area (Å²) < 4.78 is 11.9. The molecule has 1 aromatic carbocycles. The van der Waals surface area contributed by atoms with Gasteiger partial charge in [-0.25, -0.2) is 0 Å². The van der Waals surface area contributed by atoms with Gasteiger partial charge in [0, 0.05) is 17.6 Å². The molecule has 1 heterocycles. The summed E-state index contributed by atoms with van der Waals surface area (Å²) in [6.07, 6.45) is 0. The summed E-state index contributed by atoms with van der Waals surface area (Å²) in [4.78, 5) is 13.3. The molecule has 0 spiro atoms.